The molecule has 1 saturated heterocycles. The Morgan fingerprint density at radius 3 is 2.23 bits per heavy atom. The van der Waals surface area contributed by atoms with Gasteiger partial charge in [0.05, 0.1) is 18.8 Å². The van der Waals surface area contributed by atoms with E-state index in [0.717, 1.165) is 44.9 Å². The van der Waals surface area contributed by atoms with Crippen molar-refractivity contribution >= 4 is 5.97 Å². The minimum atomic E-state index is -1.57. The number of hydrogen-bond acceptors (Lipinski definition) is 8. The first-order valence-corrected chi connectivity index (χ1v) is 16.8. The highest BCUT2D eigenvalue weighted by molar-refractivity contribution is 5.80. The molecule has 6 rings (SSSR count). The maximum atomic E-state index is 14.3. The standard InChI is InChI=1S/C35H56O8/c1-30(2)14-15-35(29(41)43-28-27(40)26(39)21(36)18-42-28)20(16-30)19-8-9-23-32(5)12-11-24(37)31(3,4)22(32)10-13-33(23,6)34(19,7)17-25(35)38/h8,20-28,36-40H,9-18H2,1-7H3/t20-,21+,22-,23+,24-,25+,26-,27+,28-,32-,33+,34+,35+/m0/s1. The van der Waals surface area contributed by atoms with Crippen molar-refractivity contribution in [2.75, 3.05) is 6.61 Å². The summed E-state index contributed by atoms with van der Waals surface area (Å²) >= 11 is 0. The fraction of sp³-hybridized carbons (Fsp3) is 0.914. The molecule has 4 saturated carbocycles. The first-order chi connectivity index (χ1) is 19.8. The van der Waals surface area contributed by atoms with E-state index in [1.54, 1.807) is 0 Å². The van der Waals surface area contributed by atoms with Crippen LogP contribution in [0.1, 0.15) is 106 Å². The molecule has 1 aliphatic heterocycles. The Balaban J connectivity index is 1.39. The van der Waals surface area contributed by atoms with E-state index in [2.05, 4.69) is 54.5 Å². The number of hydrogen-bond donors (Lipinski definition) is 5. The molecular weight excluding hydrogens is 548 g/mol. The van der Waals surface area contributed by atoms with Gasteiger partial charge in [-0.25, -0.2) is 0 Å². The van der Waals surface area contributed by atoms with Crippen LogP contribution in [0.2, 0.25) is 0 Å². The van der Waals surface area contributed by atoms with Crippen LogP contribution in [0, 0.1) is 50.2 Å². The fourth-order valence-electron chi connectivity index (χ4n) is 11.8. The van der Waals surface area contributed by atoms with E-state index in [1.807, 2.05) is 0 Å². The van der Waals surface area contributed by atoms with Crippen LogP contribution in [0.25, 0.3) is 0 Å². The molecule has 13 atom stereocenters. The maximum absolute atomic E-state index is 14.3. The van der Waals surface area contributed by atoms with E-state index in [-0.39, 0.29) is 45.7 Å². The summed E-state index contributed by atoms with van der Waals surface area (Å²) in [6.45, 7) is 16.0. The number of carbonyl (C=O) groups is 1. The molecule has 8 heteroatoms. The Hall–Kier alpha value is -1.03. The second kappa shape index (κ2) is 9.98. The molecule has 0 aromatic rings. The van der Waals surface area contributed by atoms with Gasteiger partial charge in [0.15, 0.2) is 0 Å². The normalized spacial score (nSPS) is 53.8. The zero-order chi connectivity index (χ0) is 31.5. The second-order valence-electron chi connectivity index (χ2n) is 17.5. The molecular formula is C35H56O8. The molecule has 6 aliphatic rings. The van der Waals surface area contributed by atoms with Gasteiger partial charge in [-0.2, -0.15) is 0 Å². The van der Waals surface area contributed by atoms with Crippen LogP contribution in [-0.4, -0.2) is 74.9 Å². The van der Waals surface area contributed by atoms with Crippen molar-refractivity contribution in [2.45, 2.75) is 143 Å². The molecule has 5 fully saturated rings. The monoisotopic (exact) mass is 604 g/mol. The number of esters is 1. The Morgan fingerprint density at radius 1 is 0.837 bits per heavy atom. The lowest BCUT2D eigenvalue weighted by atomic mass is 9.33. The molecule has 8 nitrogen and oxygen atoms in total. The molecule has 0 aromatic heterocycles. The third-order valence-electron chi connectivity index (χ3n) is 14.7. The third kappa shape index (κ3) is 4.25. The molecule has 1 heterocycles. The van der Waals surface area contributed by atoms with Crippen LogP contribution in [-0.2, 0) is 14.3 Å². The quantitative estimate of drug-likeness (QED) is 0.235. The summed E-state index contributed by atoms with van der Waals surface area (Å²) < 4.78 is 11.3. The molecule has 0 bridgehead atoms. The van der Waals surface area contributed by atoms with Gasteiger partial charge in [-0.15, -0.1) is 0 Å². The number of rotatable bonds is 2. The van der Waals surface area contributed by atoms with Crippen molar-refractivity contribution in [3.63, 3.8) is 0 Å². The van der Waals surface area contributed by atoms with Crippen LogP contribution in [0.15, 0.2) is 11.6 Å². The lowest BCUT2D eigenvalue weighted by Crippen LogP contribution is -2.68. The van der Waals surface area contributed by atoms with Crippen LogP contribution < -0.4 is 0 Å². The van der Waals surface area contributed by atoms with E-state index in [9.17, 15) is 30.3 Å². The molecule has 43 heavy (non-hydrogen) atoms. The van der Waals surface area contributed by atoms with Crippen molar-refractivity contribution < 1.29 is 39.8 Å². The Morgan fingerprint density at radius 2 is 1.53 bits per heavy atom. The van der Waals surface area contributed by atoms with Crippen molar-refractivity contribution in [3.05, 3.63) is 11.6 Å². The Kier molecular flexibility index (Phi) is 7.41. The van der Waals surface area contributed by atoms with Gasteiger partial charge in [0.2, 0.25) is 6.29 Å². The molecule has 0 amide bonds. The molecule has 5 aliphatic carbocycles. The van der Waals surface area contributed by atoms with E-state index in [0.29, 0.717) is 24.7 Å². The third-order valence-corrected chi connectivity index (χ3v) is 14.7. The van der Waals surface area contributed by atoms with Gasteiger partial charge >= 0.3 is 5.97 Å². The fourth-order valence-corrected chi connectivity index (χ4v) is 11.8. The molecule has 0 aromatic carbocycles. The molecule has 244 valence electrons. The average Bonchev–Trinajstić information content (AvgIpc) is 2.91. The number of carbonyl (C=O) groups excluding carboxylic acids is 1. The highest BCUT2D eigenvalue weighted by Gasteiger charge is 2.71. The van der Waals surface area contributed by atoms with Crippen molar-refractivity contribution in [1.82, 2.24) is 0 Å². The lowest BCUT2D eigenvalue weighted by Gasteiger charge is -2.71. The highest BCUT2D eigenvalue weighted by atomic mass is 16.7. The predicted octanol–water partition coefficient (Wildman–Crippen LogP) is 4.10. The van der Waals surface area contributed by atoms with Crippen molar-refractivity contribution in [3.8, 4) is 0 Å². The second-order valence-corrected chi connectivity index (χ2v) is 17.5. The summed E-state index contributed by atoms with van der Waals surface area (Å²) in [6, 6.07) is 0. The lowest BCUT2D eigenvalue weighted by molar-refractivity contribution is -0.274. The largest absolute Gasteiger partial charge is 0.432 e. The van der Waals surface area contributed by atoms with Crippen LogP contribution in [0.4, 0.5) is 0 Å². The minimum absolute atomic E-state index is 0.0284. The summed E-state index contributed by atoms with van der Waals surface area (Å²) in [7, 11) is 0. The van der Waals surface area contributed by atoms with E-state index in [4.69, 9.17) is 9.47 Å². The predicted molar refractivity (Wildman–Crippen MR) is 160 cm³/mol. The highest BCUT2D eigenvalue weighted by Crippen LogP contribution is 2.75. The van der Waals surface area contributed by atoms with Gasteiger partial charge in [-0.1, -0.05) is 60.1 Å². The first kappa shape index (κ1) is 31.9. The van der Waals surface area contributed by atoms with Crippen molar-refractivity contribution in [1.29, 1.82) is 0 Å². The summed E-state index contributed by atoms with van der Waals surface area (Å²) in [5.41, 5.74) is -0.392. The van der Waals surface area contributed by atoms with Crippen LogP contribution in [0.3, 0.4) is 0 Å². The molecule has 0 radical (unpaired) electrons. The summed E-state index contributed by atoms with van der Waals surface area (Å²) in [5.74, 6) is 0.0253. The van der Waals surface area contributed by atoms with Gasteiger partial charge in [-0.05, 0) is 103 Å². The number of ether oxygens (including phenoxy) is 2. The summed E-state index contributed by atoms with van der Waals surface area (Å²) in [4.78, 5) is 14.3. The molecule has 0 spiro atoms. The number of aliphatic hydroxyl groups excluding tert-OH is 5. The van der Waals surface area contributed by atoms with Gasteiger partial charge in [0.25, 0.3) is 0 Å². The average molecular weight is 605 g/mol. The Bertz CT molecular complexity index is 1160. The number of fused-ring (bicyclic) bond motifs is 7. The van der Waals surface area contributed by atoms with Gasteiger partial charge in [-0.3, -0.25) is 4.79 Å². The van der Waals surface area contributed by atoms with Gasteiger partial charge in [0, 0.05) is 0 Å². The van der Waals surface area contributed by atoms with Gasteiger partial charge in [0.1, 0.15) is 23.7 Å². The summed E-state index contributed by atoms with van der Waals surface area (Å²) in [6.07, 6.45) is 2.71. The number of aliphatic hydroxyl groups is 5. The van der Waals surface area contributed by atoms with E-state index < -0.39 is 42.1 Å². The first-order valence-electron chi connectivity index (χ1n) is 16.8. The van der Waals surface area contributed by atoms with Crippen LogP contribution >= 0.6 is 0 Å². The zero-order valence-corrected chi connectivity index (χ0v) is 27.3. The Labute approximate surface area is 257 Å². The van der Waals surface area contributed by atoms with Crippen molar-refractivity contribution in [2.24, 2.45) is 50.2 Å². The molecule has 5 N–H and O–H groups in total. The summed E-state index contributed by atoms with van der Waals surface area (Å²) in [5, 5.41) is 54.0. The van der Waals surface area contributed by atoms with Gasteiger partial charge < -0.3 is 35.0 Å². The zero-order valence-electron chi connectivity index (χ0n) is 27.3. The molecule has 0 unspecified atom stereocenters. The minimum Gasteiger partial charge on any atom is -0.432 e. The van der Waals surface area contributed by atoms with E-state index >= 15 is 0 Å². The smallest absolute Gasteiger partial charge is 0.317 e. The SMILES string of the molecule is CC1(C)CC[C@]2(C(=O)O[C@@H]3OC[C@@H](O)[C@H](O)[C@H]3O)[C@H](O)C[C@]3(C)C(=CC[C@@H]4[C@@]5(C)CC[C@H](O)C(C)(C)[C@@H]5CC[C@]43C)[C@@H]2C1. The van der Waals surface area contributed by atoms with Crippen LogP contribution in [0.5, 0.6) is 0 Å². The van der Waals surface area contributed by atoms with E-state index in [1.165, 1.54) is 5.57 Å². The topological polar surface area (TPSA) is 137 Å². The maximum Gasteiger partial charge on any atom is 0.317 e. The number of allylic oxidation sites excluding steroid dienone is 2.